The predicted molar refractivity (Wildman–Crippen MR) is 65.0 cm³/mol. The van der Waals surface area contributed by atoms with Gasteiger partial charge in [0.1, 0.15) is 10.8 Å². The fourth-order valence-electron chi connectivity index (χ4n) is 1.53. The van der Waals surface area contributed by atoms with Crippen molar-refractivity contribution in [3.05, 3.63) is 27.7 Å². The quantitative estimate of drug-likeness (QED) is 0.862. The van der Waals surface area contributed by atoms with Gasteiger partial charge in [-0.25, -0.2) is 0 Å². The second kappa shape index (κ2) is 4.79. The van der Waals surface area contributed by atoms with Crippen molar-refractivity contribution in [2.75, 3.05) is 0 Å². The molecule has 84 valence electrons. The first kappa shape index (κ1) is 12.9. The summed E-state index contributed by atoms with van der Waals surface area (Å²) in [7, 11) is 0. The molecule has 0 heterocycles. The van der Waals surface area contributed by atoms with Crippen molar-refractivity contribution in [3.63, 3.8) is 0 Å². The van der Waals surface area contributed by atoms with E-state index in [4.69, 9.17) is 28.9 Å². The van der Waals surface area contributed by atoms with Crippen molar-refractivity contribution in [1.82, 2.24) is 0 Å². The lowest BCUT2D eigenvalue weighted by molar-refractivity contribution is 0.456. The van der Waals surface area contributed by atoms with Gasteiger partial charge in [-0.15, -0.1) is 12.4 Å². The monoisotopic (exact) mass is 267 g/mol. The summed E-state index contributed by atoms with van der Waals surface area (Å²) in [5, 5.41) is 10.3. The molecule has 2 nitrogen and oxygen atoms in total. The lowest BCUT2D eigenvalue weighted by Crippen LogP contribution is -2.12. The highest BCUT2D eigenvalue weighted by atomic mass is 35.5. The maximum absolute atomic E-state index is 9.73. The molecule has 1 aliphatic rings. The summed E-state index contributed by atoms with van der Waals surface area (Å²) < 4.78 is 0. The van der Waals surface area contributed by atoms with Gasteiger partial charge >= 0.3 is 0 Å². The molecule has 1 saturated carbocycles. The van der Waals surface area contributed by atoms with E-state index in [-0.39, 0.29) is 29.2 Å². The first-order chi connectivity index (χ1) is 6.61. The molecule has 0 aliphatic heterocycles. The van der Waals surface area contributed by atoms with Crippen molar-refractivity contribution in [1.29, 1.82) is 0 Å². The SMILES string of the molecule is Cl.N[C@@H](c1ccc(Cl)c(Cl)c1O)C1CC1. The van der Waals surface area contributed by atoms with Crippen molar-refractivity contribution < 1.29 is 5.11 Å². The zero-order chi connectivity index (χ0) is 10.3. The van der Waals surface area contributed by atoms with Crippen LogP contribution in [0.3, 0.4) is 0 Å². The molecular weight excluding hydrogens is 256 g/mol. The Balaban J connectivity index is 0.00000112. The largest absolute Gasteiger partial charge is 0.506 e. The maximum atomic E-state index is 9.73. The lowest BCUT2D eigenvalue weighted by Gasteiger charge is -2.13. The number of aromatic hydroxyl groups is 1. The minimum Gasteiger partial charge on any atom is -0.506 e. The Bertz CT molecular complexity index is 366. The van der Waals surface area contributed by atoms with E-state index in [9.17, 15) is 5.11 Å². The summed E-state index contributed by atoms with van der Waals surface area (Å²) >= 11 is 11.6. The van der Waals surface area contributed by atoms with Crippen molar-refractivity contribution in [3.8, 4) is 5.75 Å². The summed E-state index contributed by atoms with van der Waals surface area (Å²) in [5.41, 5.74) is 6.65. The zero-order valence-electron chi connectivity index (χ0n) is 7.91. The second-order valence-corrected chi connectivity index (χ2v) is 4.45. The van der Waals surface area contributed by atoms with Crippen molar-refractivity contribution in [2.24, 2.45) is 11.7 Å². The van der Waals surface area contributed by atoms with E-state index in [1.807, 2.05) is 0 Å². The van der Waals surface area contributed by atoms with Crippen LogP contribution in [0, 0.1) is 5.92 Å². The Kier molecular flexibility index (Phi) is 4.13. The minimum atomic E-state index is -0.121. The van der Waals surface area contributed by atoms with E-state index in [1.54, 1.807) is 12.1 Å². The van der Waals surface area contributed by atoms with Crippen LogP contribution in [0.4, 0.5) is 0 Å². The van der Waals surface area contributed by atoms with E-state index in [0.29, 0.717) is 16.5 Å². The van der Waals surface area contributed by atoms with Gasteiger partial charge in [0.15, 0.2) is 0 Å². The molecule has 1 aromatic rings. The highest BCUT2D eigenvalue weighted by Gasteiger charge is 2.31. The summed E-state index contributed by atoms with van der Waals surface area (Å²) in [6.45, 7) is 0. The molecule has 0 radical (unpaired) electrons. The summed E-state index contributed by atoms with van der Waals surface area (Å²) in [6, 6.07) is 3.29. The summed E-state index contributed by atoms with van der Waals surface area (Å²) in [6.07, 6.45) is 2.25. The van der Waals surface area contributed by atoms with Gasteiger partial charge in [-0.1, -0.05) is 29.3 Å². The average molecular weight is 269 g/mol. The maximum Gasteiger partial charge on any atom is 0.140 e. The summed E-state index contributed by atoms with van der Waals surface area (Å²) in [4.78, 5) is 0. The molecule has 5 heteroatoms. The number of phenols is 1. The van der Waals surface area contributed by atoms with Crippen LogP contribution in [-0.4, -0.2) is 5.11 Å². The number of hydrogen-bond acceptors (Lipinski definition) is 2. The van der Waals surface area contributed by atoms with Crippen LogP contribution in [-0.2, 0) is 0 Å². The van der Waals surface area contributed by atoms with Gasteiger partial charge in [-0.2, -0.15) is 0 Å². The highest BCUT2D eigenvalue weighted by molar-refractivity contribution is 6.43. The molecule has 0 unspecified atom stereocenters. The van der Waals surface area contributed by atoms with Crippen LogP contribution in [0.1, 0.15) is 24.4 Å². The molecule has 1 atom stereocenters. The molecule has 0 saturated heterocycles. The summed E-state index contributed by atoms with van der Waals surface area (Å²) in [5.74, 6) is 0.511. The van der Waals surface area contributed by atoms with E-state index in [1.165, 1.54) is 0 Å². The van der Waals surface area contributed by atoms with Gasteiger partial charge in [0.05, 0.1) is 5.02 Å². The lowest BCUT2D eigenvalue weighted by atomic mass is 10.0. The third-order valence-corrected chi connectivity index (χ3v) is 3.38. The number of hydrogen-bond donors (Lipinski definition) is 2. The van der Waals surface area contributed by atoms with Gasteiger partial charge in [0.2, 0.25) is 0 Å². The zero-order valence-corrected chi connectivity index (χ0v) is 10.2. The topological polar surface area (TPSA) is 46.2 Å². The Morgan fingerprint density at radius 1 is 1.33 bits per heavy atom. The van der Waals surface area contributed by atoms with Gasteiger partial charge in [-0.3, -0.25) is 0 Å². The molecule has 0 aromatic heterocycles. The third kappa shape index (κ3) is 2.51. The normalized spacial score (nSPS) is 17.0. The van der Waals surface area contributed by atoms with Gasteiger partial charge in [-0.05, 0) is 24.8 Å². The van der Waals surface area contributed by atoms with Crippen molar-refractivity contribution >= 4 is 35.6 Å². The molecule has 1 aliphatic carbocycles. The van der Waals surface area contributed by atoms with E-state index < -0.39 is 0 Å². The van der Waals surface area contributed by atoms with Gasteiger partial charge < -0.3 is 10.8 Å². The Labute approximate surface area is 105 Å². The molecule has 0 spiro atoms. The molecule has 2 rings (SSSR count). The Hall–Kier alpha value is -0.150. The molecule has 1 aromatic carbocycles. The van der Waals surface area contributed by atoms with E-state index in [2.05, 4.69) is 0 Å². The number of halogens is 3. The first-order valence-electron chi connectivity index (χ1n) is 4.53. The molecule has 1 fully saturated rings. The molecule has 0 bridgehead atoms. The number of nitrogens with two attached hydrogens (primary N) is 1. The Morgan fingerprint density at radius 2 is 1.93 bits per heavy atom. The van der Waals surface area contributed by atoms with Crippen molar-refractivity contribution in [2.45, 2.75) is 18.9 Å². The van der Waals surface area contributed by atoms with E-state index in [0.717, 1.165) is 12.8 Å². The fourth-order valence-corrected chi connectivity index (χ4v) is 1.86. The molecule has 0 amide bonds. The van der Waals surface area contributed by atoms with E-state index >= 15 is 0 Å². The average Bonchev–Trinajstić information content (AvgIpc) is 2.97. The first-order valence-corrected chi connectivity index (χ1v) is 5.29. The molecular formula is C10H12Cl3NO. The van der Waals surface area contributed by atoms with Crippen LogP contribution < -0.4 is 5.73 Å². The van der Waals surface area contributed by atoms with Crippen LogP contribution in [0.25, 0.3) is 0 Å². The minimum absolute atomic E-state index is 0. The van der Waals surface area contributed by atoms with Crippen LogP contribution in [0.2, 0.25) is 10.0 Å². The molecule has 15 heavy (non-hydrogen) atoms. The van der Waals surface area contributed by atoms with Crippen LogP contribution >= 0.6 is 35.6 Å². The smallest absolute Gasteiger partial charge is 0.140 e. The standard InChI is InChI=1S/C10H11Cl2NO.ClH/c11-7-4-3-6(10(14)8(7)12)9(13)5-1-2-5;/h3-5,9,14H,1-2,13H2;1H/t9-;/m1./s1. The number of benzene rings is 1. The van der Waals surface area contributed by atoms with Gasteiger partial charge in [0.25, 0.3) is 0 Å². The van der Waals surface area contributed by atoms with Crippen LogP contribution in [0.5, 0.6) is 5.75 Å². The highest BCUT2D eigenvalue weighted by Crippen LogP contribution is 2.44. The number of phenolic OH excluding ortho intramolecular Hbond substituents is 1. The fraction of sp³-hybridized carbons (Fsp3) is 0.400. The van der Waals surface area contributed by atoms with Crippen LogP contribution in [0.15, 0.2) is 12.1 Å². The Morgan fingerprint density at radius 3 is 2.47 bits per heavy atom. The molecule has 3 N–H and O–H groups in total. The number of rotatable bonds is 2. The predicted octanol–water partition coefficient (Wildman–Crippen LogP) is 3.53. The third-order valence-electron chi connectivity index (χ3n) is 2.59. The second-order valence-electron chi connectivity index (χ2n) is 3.66. The van der Waals surface area contributed by atoms with Gasteiger partial charge in [0, 0.05) is 11.6 Å².